The molecule has 0 amide bonds. The Morgan fingerprint density at radius 2 is 1.04 bits per heavy atom. The van der Waals surface area contributed by atoms with Gasteiger partial charge in [-0.05, 0) is 47.5 Å². The number of aromatic hydroxyl groups is 7. The molecule has 0 saturated carbocycles. The minimum absolute atomic E-state index is 0.0750. The molecule has 4 fully saturated rings. The van der Waals surface area contributed by atoms with E-state index in [4.69, 9.17) is 61.6 Å². The molecule has 574 valence electrons. The van der Waals surface area contributed by atoms with Gasteiger partial charge < -0.3 is 169 Å². The van der Waals surface area contributed by atoms with E-state index < -0.39 is 283 Å². The number of fused-ring (bicyclic) bond motifs is 1. The van der Waals surface area contributed by atoms with Gasteiger partial charge in [-0.15, -0.1) is 0 Å². The van der Waals surface area contributed by atoms with Crippen LogP contribution in [-0.2, 0) is 76.2 Å². The van der Waals surface area contributed by atoms with E-state index in [1.54, 1.807) is 0 Å². The first-order valence-electron chi connectivity index (χ1n) is 30.9. The zero-order valence-electron chi connectivity index (χ0n) is 53.7. The lowest BCUT2D eigenvalue weighted by atomic mass is 9.97. The third-order valence-corrected chi connectivity index (χ3v) is 16.3. The number of phenols is 7. The van der Waals surface area contributed by atoms with Crippen molar-refractivity contribution in [3.8, 4) is 68.8 Å². The molecule has 22 N–H and O–H groups in total. The second kappa shape index (κ2) is 33.7. The fraction of sp³-hybridized carbons (Fsp3) is 0.406. The molecule has 0 bridgehead atoms. The molecular weight excluding hydrogens is 1440 g/mol. The number of carbonyl (C=O) groups excluding carboxylic acids is 4. The van der Waals surface area contributed by atoms with E-state index in [1.807, 2.05) is 0 Å². The molecule has 22 atom stereocenters. The summed E-state index contributed by atoms with van der Waals surface area (Å²) < 4.78 is 72.8. The molecule has 0 radical (unpaired) electrons. The summed E-state index contributed by atoms with van der Waals surface area (Å²) in [7, 11) is 0. The molecule has 106 heavy (non-hydrogen) atoms. The minimum atomic E-state index is -2.85. The number of aliphatic carboxylic acids is 3. The maximum atomic E-state index is 13.5. The third kappa shape index (κ3) is 18.2. The Kier molecular flexibility index (Phi) is 25.2. The topological polar surface area (TPSA) is 687 Å². The van der Waals surface area contributed by atoms with Gasteiger partial charge in [-0.2, -0.15) is 0 Å². The Morgan fingerprint density at radius 3 is 1.63 bits per heavy atom. The second-order valence-corrected chi connectivity index (χ2v) is 23.7. The Bertz CT molecular complexity index is 4120. The van der Waals surface area contributed by atoms with Crippen molar-refractivity contribution in [1.82, 2.24) is 0 Å². The van der Waals surface area contributed by atoms with E-state index in [0.717, 1.165) is 60.7 Å². The lowest BCUT2D eigenvalue weighted by Gasteiger charge is -2.46. The molecule has 0 spiro atoms. The first kappa shape index (κ1) is 79.5. The Morgan fingerprint density at radius 1 is 0.491 bits per heavy atom. The van der Waals surface area contributed by atoms with Gasteiger partial charge in [-0.25, -0.2) is 28.4 Å². The fourth-order valence-electron chi connectivity index (χ4n) is 10.7. The van der Waals surface area contributed by atoms with E-state index in [9.17, 15) is 141 Å². The molecule has 0 aliphatic carbocycles. The van der Waals surface area contributed by atoms with Gasteiger partial charge in [0.05, 0.1) is 18.2 Å². The molecule has 4 aliphatic heterocycles. The fourth-order valence-corrected chi connectivity index (χ4v) is 10.7. The zero-order valence-corrected chi connectivity index (χ0v) is 53.7. The van der Waals surface area contributed by atoms with Crippen molar-refractivity contribution in [2.75, 3.05) is 19.8 Å². The largest absolute Gasteiger partial charge is 0.507 e. The number of carboxylic acid groups (broad SMARTS) is 3. The number of phenolic OH excluding ortho intramolecular Hbond substituents is 7. The summed E-state index contributed by atoms with van der Waals surface area (Å²) in [6, 6.07) is 10.8. The zero-order chi connectivity index (χ0) is 77.6. The first-order chi connectivity index (χ1) is 50.0. The second-order valence-electron chi connectivity index (χ2n) is 23.7. The van der Waals surface area contributed by atoms with Crippen molar-refractivity contribution < 1.29 is 207 Å². The van der Waals surface area contributed by atoms with Gasteiger partial charge in [0.25, 0.3) is 0 Å². The molecule has 2 unspecified atom stereocenters. The summed E-state index contributed by atoms with van der Waals surface area (Å²) >= 11 is 0. The van der Waals surface area contributed by atoms with E-state index in [0.29, 0.717) is 12.1 Å². The van der Waals surface area contributed by atoms with Crippen molar-refractivity contribution in [3.63, 3.8) is 0 Å². The lowest BCUT2D eigenvalue weighted by molar-refractivity contribution is -0.358. The number of rotatable bonds is 26. The SMILES string of the molecule is O=C(/C=C/c1ccc(O)c(O)c1)OC[C@H]1O[C@@H](Oc2cc(O)c3cc(O[C@@H]4O[C@H](COC(=O)CC(=O)OC(C(=O)O)C(O)C(=O)O)[C@H](O)[C@H](O)[C@H]4O[C@@H]4O[C@H](CO)[C@@H](O)[C@H](O)[C@H]4OC(=O)/C=C/c4ccc(O)c(O)c4)c(-c4cc(O)c(O)c(O[C@@H]5O[C@H](C(=O)O)[C@H](O)[C@H](O)[C@H]5O)c4)[o+]c3c2)[C@H](O)[C@@H](O)[C@@H]1O. The predicted molar refractivity (Wildman–Crippen MR) is 332 cm³/mol. The van der Waals surface area contributed by atoms with Crippen LogP contribution in [0.15, 0.2) is 83.3 Å². The maximum absolute atomic E-state index is 13.5. The molecule has 4 aliphatic rings. The van der Waals surface area contributed by atoms with Gasteiger partial charge in [-0.3, -0.25) is 9.59 Å². The summed E-state index contributed by atoms with van der Waals surface area (Å²) in [5.41, 5.74) is -0.889. The van der Waals surface area contributed by atoms with Crippen LogP contribution in [0, 0.1) is 0 Å². The number of benzene rings is 4. The van der Waals surface area contributed by atoms with Crippen LogP contribution >= 0.6 is 0 Å². The Hall–Kier alpha value is -10.6. The molecule has 5 heterocycles. The number of ether oxygens (including phenoxy) is 12. The summed E-state index contributed by atoms with van der Waals surface area (Å²) in [6.45, 7) is -3.26. The van der Waals surface area contributed by atoms with Crippen LogP contribution in [0.4, 0.5) is 0 Å². The van der Waals surface area contributed by atoms with E-state index in [2.05, 4.69) is 4.74 Å². The van der Waals surface area contributed by atoms with Crippen molar-refractivity contribution >= 4 is 64.9 Å². The van der Waals surface area contributed by atoms with Crippen LogP contribution in [-0.4, -0.2) is 309 Å². The molecule has 42 nitrogen and oxygen atoms in total. The normalized spacial score (nSPS) is 29.5. The van der Waals surface area contributed by atoms with Crippen LogP contribution in [0.25, 0.3) is 34.4 Å². The van der Waals surface area contributed by atoms with Crippen LogP contribution in [0.1, 0.15) is 17.5 Å². The smallest absolute Gasteiger partial charge is 0.402 e. The maximum Gasteiger partial charge on any atom is 0.402 e. The molecule has 1 aromatic heterocycles. The quantitative estimate of drug-likeness (QED) is 0.00614. The van der Waals surface area contributed by atoms with Crippen LogP contribution < -0.4 is 14.2 Å². The van der Waals surface area contributed by atoms with Gasteiger partial charge >= 0.3 is 53.1 Å². The van der Waals surface area contributed by atoms with Gasteiger partial charge in [0, 0.05) is 36.4 Å². The number of aliphatic hydroxyl groups excluding tert-OH is 12. The molecular formula is C64H67O42+. The number of carbonyl (C=O) groups is 7. The molecule has 9 rings (SSSR count). The number of hydrogen-bond acceptors (Lipinski definition) is 38. The van der Waals surface area contributed by atoms with Crippen LogP contribution in [0.3, 0.4) is 0 Å². The average Bonchev–Trinajstić information content (AvgIpc) is 0.763. The van der Waals surface area contributed by atoms with Gasteiger partial charge in [0.1, 0.15) is 116 Å². The highest BCUT2D eigenvalue weighted by Gasteiger charge is 2.55. The van der Waals surface area contributed by atoms with E-state index in [1.165, 1.54) is 18.2 Å². The molecule has 5 aromatic rings. The highest BCUT2D eigenvalue weighted by molar-refractivity contribution is 5.94. The highest BCUT2D eigenvalue weighted by Crippen LogP contribution is 2.47. The monoisotopic (exact) mass is 1510 g/mol. The van der Waals surface area contributed by atoms with Crippen molar-refractivity contribution in [1.29, 1.82) is 0 Å². The van der Waals surface area contributed by atoms with Gasteiger partial charge in [0.2, 0.25) is 36.5 Å². The van der Waals surface area contributed by atoms with Gasteiger partial charge in [0.15, 0.2) is 65.2 Å². The molecule has 4 saturated heterocycles. The third-order valence-electron chi connectivity index (χ3n) is 16.3. The Balaban J connectivity index is 1.11. The standard InChI is InChI=1S/C64H66O42/c65-17-34-42(77)47(82)56(103-38(73)8-4-21-2-6-26(67)29(70)10-21)64(100-34)106-57-48(83)44(79)36(19-95-39(74)16-40(75)104-55(60(92)93)52(87)58(88)89)102-63(57)99-33-15-24-27(68)13-23(96-61-50(85)45(80)43(78)35(101-61)18-94-37(72)7-3-20-1-5-25(66)28(69)9-20)14-31(24)97-53(33)22-11-30(71)41(76)32(12-22)98-62-51(86)46(81)49(84)54(105-62)59(90)91/h1-15,34-36,42-52,54-57,61-65,77-87H,16-19H2,(H9-,66,67,68,69,70,71,72,73,76,88,89,90,91,92,93)/p+1/t34-,35-,36-,42-,43-,44+,45+,46+,47+,48+,49-,50-,51-,52?,54+,55?,56-,57-,61-,62-,63-,64+/m1/s1. The summed E-state index contributed by atoms with van der Waals surface area (Å²) in [5, 5.41) is 232. The Labute approximate surface area is 590 Å². The predicted octanol–water partition coefficient (Wildman–Crippen LogP) is -5.32. The number of esters is 4. The average molecular weight is 1510 g/mol. The van der Waals surface area contributed by atoms with Crippen LogP contribution in [0.5, 0.6) is 57.5 Å². The molecule has 4 aromatic carbocycles. The highest BCUT2D eigenvalue weighted by atomic mass is 16.8. The summed E-state index contributed by atoms with van der Waals surface area (Å²) in [6.07, 6.45) is -48.0. The minimum Gasteiger partial charge on any atom is -0.507 e. The van der Waals surface area contributed by atoms with Gasteiger partial charge in [-0.1, -0.05) is 12.1 Å². The van der Waals surface area contributed by atoms with Crippen molar-refractivity contribution in [2.45, 2.75) is 141 Å². The van der Waals surface area contributed by atoms with E-state index in [-0.39, 0.29) is 11.1 Å². The number of hydrogen-bond donors (Lipinski definition) is 22. The lowest BCUT2D eigenvalue weighted by Crippen LogP contribution is -2.65. The van der Waals surface area contributed by atoms with E-state index >= 15 is 0 Å². The van der Waals surface area contributed by atoms with Crippen molar-refractivity contribution in [2.24, 2.45) is 0 Å². The number of aliphatic hydroxyl groups is 12. The summed E-state index contributed by atoms with van der Waals surface area (Å²) in [4.78, 5) is 87.0. The first-order valence-corrected chi connectivity index (χ1v) is 30.9. The molecule has 42 heteroatoms. The number of carboxylic acids is 3. The summed E-state index contributed by atoms with van der Waals surface area (Å²) in [5.74, 6) is -20.9. The van der Waals surface area contributed by atoms with Crippen LogP contribution in [0.2, 0.25) is 0 Å². The van der Waals surface area contributed by atoms with Crippen molar-refractivity contribution in [3.05, 3.63) is 90.0 Å².